The van der Waals surface area contributed by atoms with E-state index < -0.39 is 24.0 Å². The molecule has 6 nitrogen and oxygen atoms in total. The third-order valence-corrected chi connectivity index (χ3v) is 3.28. The first-order valence-corrected chi connectivity index (χ1v) is 6.87. The zero-order valence-corrected chi connectivity index (χ0v) is 12.0. The van der Waals surface area contributed by atoms with Crippen molar-refractivity contribution in [2.45, 2.75) is 38.5 Å². The van der Waals surface area contributed by atoms with E-state index in [1.165, 1.54) is 4.90 Å². The molecule has 1 aliphatic heterocycles. The highest BCUT2D eigenvalue weighted by Gasteiger charge is 2.39. The largest absolute Gasteiger partial charge is 0.491 e. The van der Waals surface area contributed by atoms with E-state index in [0.29, 0.717) is 11.3 Å². The van der Waals surface area contributed by atoms with Gasteiger partial charge in [0.1, 0.15) is 11.8 Å². The smallest absolute Gasteiger partial charge is 0.326 e. The van der Waals surface area contributed by atoms with Gasteiger partial charge in [0.05, 0.1) is 12.2 Å². The summed E-state index contributed by atoms with van der Waals surface area (Å²) in [5.74, 6) is -0.954. The molecular formula is C15H19NO5. The Balaban J connectivity index is 2.21. The molecule has 0 saturated carbocycles. The number of aliphatic carboxylic acids is 1. The Bertz CT molecular complexity index is 543. The fraction of sp³-hybridized carbons (Fsp3) is 0.467. The number of carboxylic acid groups (broad SMARTS) is 1. The average Bonchev–Trinajstić information content (AvgIpc) is 2.80. The molecule has 0 bridgehead atoms. The van der Waals surface area contributed by atoms with Crippen LogP contribution in [0, 0.1) is 0 Å². The van der Waals surface area contributed by atoms with E-state index in [0.717, 1.165) is 0 Å². The van der Waals surface area contributed by atoms with Gasteiger partial charge in [-0.3, -0.25) is 4.79 Å². The van der Waals surface area contributed by atoms with Crippen LogP contribution in [-0.2, 0) is 4.79 Å². The lowest BCUT2D eigenvalue weighted by Crippen LogP contribution is -2.40. The monoisotopic (exact) mass is 293 g/mol. The quantitative estimate of drug-likeness (QED) is 0.869. The van der Waals surface area contributed by atoms with Gasteiger partial charge in [-0.25, -0.2) is 4.79 Å². The molecular weight excluding hydrogens is 274 g/mol. The van der Waals surface area contributed by atoms with E-state index in [4.69, 9.17) is 9.84 Å². The standard InChI is InChI=1S/C15H19NO5/c1-9(2)21-12-5-3-4-10(6-12)14(18)16-8-11(17)7-13(16)15(19)20/h3-6,9,11,13,17H,7-8H2,1-2H3,(H,19,20). The van der Waals surface area contributed by atoms with Crippen LogP contribution < -0.4 is 4.74 Å². The molecule has 1 amide bonds. The zero-order valence-electron chi connectivity index (χ0n) is 12.0. The highest BCUT2D eigenvalue weighted by Crippen LogP contribution is 2.23. The fourth-order valence-corrected chi connectivity index (χ4v) is 2.41. The van der Waals surface area contributed by atoms with Crippen LogP contribution in [0.15, 0.2) is 24.3 Å². The fourth-order valence-electron chi connectivity index (χ4n) is 2.41. The predicted molar refractivity (Wildman–Crippen MR) is 75.3 cm³/mol. The summed E-state index contributed by atoms with van der Waals surface area (Å²) in [6.45, 7) is 3.79. The van der Waals surface area contributed by atoms with E-state index in [9.17, 15) is 14.7 Å². The number of rotatable bonds is 4. The van der Waals surface area contributed by atoms with Crippen molar-refractivity contribution < 1.29 is 24.5 Å². The van der Waals surface area contributed by atoms with Crippen molar-refractivity contribution in [3.63, 3.8) is 0 Å². The Hall–Kier alpha value is -2.08. The molecule has 2 unspecified atom stereocenters. The lowest BCUT2D eigenvalue weighted by Gasteiger charge is -2.21. The van der Waals surface area contributed by atoms with Crippen LogP contribution in [0.2, 0.25) is 0 Å². The number of aliphatic hydroxyl groups excluding tert-OH is 1. The van der Waals surface area contributed by atoms with E-state index in [1.54, 1.807) is 24.3 Å². The second kappa shape index (κ2) is 6.13. The number of nitrogens with zero attached hydrogens (tertiary/aromatic N) is 1. The molecule has 1 aromatic carbocycles. The first-order chi connectivity index (χ1) is 9.88. The maximum atomic E-state index is 12.4. The molecule has 0 aliphatic carbocycles. The number of carbonyl (C=O) groups is 2. The third-order valence-electron chi connectivity index (χ3n) is 3.28. The van der Waals surface area contributed by atoms with Gasteiger partial charge in [-0.05, 0) is 32.0 Å². The van der Waals surface area contributed by atoms with Crippen molar-refractivity contribution >= 4 is 11.9 Å². The zero-order chi connectivity index (χ0) is 15.6. The van der Waals surface area contributed by atoms with Gasteiger partial charge in [0.2, 0.25) is 0 Å². The van der Waals surface area contributed by atoms with Crippen LogP contribution in [0.5, 0.6) is 5.75 Å². The normalized spacial score (nSPS) is 21.6. The number of hydrogen-bond acceptors (Lipinski definition) is 4. The van der Waals surface area contributed by atoms with Crippen LogP contribution >= 0.6 is 0 Å². The van der Waals surface area contributed by atoms with Gasteiger partial charge >= 0.3 is 5.97 Å². The van der Waals surface area contributed by atoms with Gasteiger partial charge < -0.3 is 19.8 Å². The molecule has 1 saturated heterocycles. The molecule has 0 aromatic heterocycles. The van der Waals surface area contributed by atoms with Gasteiger partial charge in [-0.1, -0.05) is 6.07 Å². The number of hydrogen-bond donors (Lipinski definition) is 2. The maximum Gasteiger partial charge on any atom is 0.326 e. The third kappa shape index (κ3) is 3.52. The molecule has 0 radical (unpaired) electrons. The molecule has 1 heterocycles. The second-order valence-corrected chi connectivity index (χ2v) is 5.40. The van der Waals surface area contributed by atoms with Crippen molar-refractivity contribution in [3.05, 3.63) is 29.8 Å². The number of β-amino-alcohol motifs (C(OH)–C–C–N with tert-alkyl or cyclic N) is 1. The van der Waals surface area contributed by atoms with Crippen LogP contribution in [-0.4, -0.2) is 51.8 Å². The molecule has 1 aliphatic rings. The van der Waals surface area contributed by atoms with Crippen LogP contribution in [0.4, 0.5) is 0 Å². The number of benzene rings is 1. The van der Waals surface area contributed by atoms with Crippen molar-refractivity contribution in [1.29, 1.82) is 0 Å². The van der Waals surface area contributed by atoms with Crippen molar-refractivity contribution in [1.82, 2.24) is 4.90 Å². The van der Waals surface area contributed by atoms with Crippen LogP contribution in [0.25, 0.3) is 0 Å². The molecule has 2 atom stereocenters. The van der Waals surface area contributed by atoms with Gasteiger partial charge in [0, 0.05) is 18.5 Å². The molecule has 114 valence electrons. The summed E-state index contributed by atoms with van der Waals surface area (Å²) in [4.78, 5) is 24.8. The summed E-state index contributed by atoms with van der Waals surface area (Å²) in [5.41, 5.74) is 0.355. The molecule has 1 aromatic rings. The van der Waals surface area contributed by atoms with Crippen LogP contribution in [0.3, 0.4) is 0 Å². The Labute approximate surface area is 122 Å². The SMILES string of the molecule is CC(C)Oc1cccc(C(=O)N2CC(O)CC2C(=O)O)c1. The number of ether oxygens (including phenoxy) is 1. The molecule has 2 N–H and O–H groups in total. The Morgan fingerprint density at radius 3 is 2.71 bits per heavy atom. The van der Waals surface area contributed by atoms with Crippen molar-refractivity contribution in [2.75, 3.05) is 6.54 Å². The van der Waals surface area contributed by atoms with Gasteiger partial charge in [0.15, 0.2) is 0 Å². The number of carboxylic acids is 1. The highest BCUT2D eigenvalue weighted by atomic mass is 16.5. The van der Waals surface area contributed by atoms with Crippen LogP contribution in [0.1, 0.15) is 30.6 Å². The number of amides is 1. The minimum absolute atomic E-state index is 0.0178. The summed E-state index contributed by atoms with van der Waals surface area (Å²) in [6.07, 6.45) is -0.760. The first kappa shape index (κ1) is 15.3. The minimum Gasteiger partial charge on any atom is -0.491 e. The average molecular weight is 293 g/mol. The van der Waals surface area contributed by atoms with Crippen molar-refractivity contribution in [2.24, 2.45) is 0 Å². The first-order valence-electron chi connectivity index (χ1n) is 6.87. The summed E-state index contributed by atoms with van der Waals surface area (Å²) in [6, 6.07) is 5.64. The Kier molecular flexibility index (Phi) is 4.47. The van der Waals surface area contributed by atoms with Gasteiger partial charge in [-0.15, -0.1) is 0 Å². The minimum atomic E-state index is -1.10. The van der Waals surface area contributed by atoms with Crippen molar-refractivity contribution in [3.8, 4) is 5.75 Å². The summed E-state index contributed by atoms with van der Waals surface area (Å²) in [5, 5.41) is 18.7. The Morgan fingerprint density at radius 1 is 1.38 bits per heavy atom. The summed E-state index contributed by atoms with van der Waals surface area (Å²) < 4.78 is 5.53. The van der Waals surface area contributed by atoms with E-state index in [1.807, 2.05) is 13.8 Å². The van der Waals surface area contributed by atoms with E-state index >= 15 is 0 Å². The lowest BCUT2D eigenvalue weighted by molar-refractivity contribution is -0.141. The number of likely N-dealkylation sites (tertiary alicyclic amines) is 1. The van der Waals surface area contributed by atoms with E-state index in [-0.39, 0.29) is 19.1 Å². The molecule has 21 heavy (non-hydrogen) atoms. The molecule has 1 fully saturated rings. The van der Waals surface area contributed by atoms with Gasteiger partial charge in [0.25, 0.3) is 5.91 Å². The summed E-state index contributed by atoms with van der Waals surface area (Å²) >= 11 is 0. The molecule has 2 rings (SSSR count). The topological polar surface area (TPSA) is 87.1 Å². The molecule has 0 spiro atoms. The number of aliphatic hydroxyl groups is 1. The van der Waals surface area contributed by atoms with Gasteiger partial charge in [-0.2, -0.15) is 0 Å². The Morgan fingerprint density at radius 2 is 2.10 bits per heavy atom. The second-order valence-electron chi connectivity index (χ2n) is 5.40. The number of carbonyl (C=O) groups excluding carboxylic acids is 1. The van der Waals surface area contributed by atoms with E-state index in [2.05, 4.69) is 0 Å². The lowest BCUT2D eigenvalue weighted by atomic mass is 10.1. The maximum absolute atomic E-state index is 12.4. The molecule has 6 heteroatoms. The predicted octanol–water partition coefficient (Wildman–Crippen LogP) is 1.13. The summed E-state index contributed by atoms with van der Waals surface area (Å²) in [7, 11) is 0. The highest BCUT2D eigenvalue weighted by molar-refractivity contribution is 5.97.